The zero-order valence-electron chi connectivity index (χ0n) is 12.1. The molecular formula is C16H17FN2O3. The van der Waals surface area contributed by atoms with Crippen LogP contribution in [0.25, 0.3) is 0 Å². The number of carbonyl (C=O) groups excluding carboxylic acids is 2. The third kappa shape index (κ3) is 2.27. The highest BCUT2D eigenvalue weighted by Crippen LogP contribution is 2.39. The molecule has 4 rings (SSSR count). The molecule has 0 N–H and O–H groups in total. The second kappa shape index (κ2) is 4.78. The first-order valence-corrected chi connectivity index (χ1v) is 7.60. The second-order valence-corrected chi connectivity index (χ2v) is 6.49. The monoisotopic (exact) mass is 304 g/mol. The van der Waals surface area contributed by atoms with E-state index in [9.17, 15) is 14.0 Å². The molecule has 1 saturated carbocycles. The predicted molar refractivity (Wildman–Crippen MR) is 75.2 cm³/mol. The SMILES string of the molecule is O=C(c1ccccc1F)N1CC2(CC(=O)N(CC3CC3)O2)C1. The van der Waals surface area contributed by atoms with E-state index < -0.39 is 11.4 Å². The van der Waals surface area contributed by atoms with Crippen LogP contribution in [-0.4, -0.2) is 47.0 Å². The normalized spacial score (nSPS) is 23.0. The molecule has 0 bridgehead atoms. The lowest BCUT2D eigenvalue weighted by Crippen LogP contribution is -2.63. The summed E-state index contributed by atoms with van der Waals surface area (Å²) in [5.41, 5.74) is -0.524. The van der Waals surface area contributed by atoms with Crippen LogP contribution in [0.15, 0.2) is 24.3 Å². The molecule has 3 aliphatic rings. The summed E-state index contributed by atoms with van der Waals surface area (Å²) in [6, 6.07) is 5.94. The number of hydrogen-bond donors (Lipinski definition) is 0. The Kier molecular flexibility index (Phi) is 2.97. The number of likely N-dealkylation sites (tertiary alicyclic amines) is 1. The minimum Gasteiger partial charge on any atom is -0.332 e. The first-order chi connectivity index (χ1) is 10.6. The smallest absolute Gasteiger partial charge is 0.257 e. The minimum atomic E-state index is -0.590. The van der Waals surface area contributed by atoms with Gasteiger partial charge in [-0.3, -0.25) is 14.4 Å². The van der Waals surface area contributed by atoms with Crippen molar-refractivity contribution < 1.29 is 18.8 Å². The average Bonchev–Trinajstić information content (AvgIpc) is 3.20. The molecule has 2 aliphatic heterocycles. The number of rotatable bonds is 3. The number of carbonyl (C=O) groups is 2. The van der Waals surface area contributed by atoms with Gasteiger partial charge in [-0.05, 0) is 30.9 Å². The van der Waals surface area contributed by atoms with E-state index in [-0.39, 0.29) is 17.4 Å². The third-order valence-electron chi connectivity index (χ3n) is 4.53. The molecule has 5 nitrogen and oxygen atoms in total. The van der Waals surface area contributed by atoms with Crippen LogP contribution in [0.4, 0.5) is 4.39 Å². The first kappa shape index (κ1) is 13.7. The van der Waals surface area contributed by atoms with Crippen molar-refractivity contribution in [3.8, 4) is 0 Å². The summed E-state index contributed by atoms with van der Waals surface area (Å²) >= 11 is 0. The van der Waals surface area contributed by atoms with Crippen LogP contribution in [0.3, 0.4) is 0 Å². The molecule has 0 aromatic heterocycles. The van der Waals surface area contributed by atoms with Gasteiger partial charge in [0.05, 0.1) is 31.6 Å². The van der Waals surface area contributed by atoms with Crippen molar-refractivity contribution in [1.29, 1.82) is 0 Å². The van der Waals surface area contributed by atoms with E-state index >= 15 is 0 Å². The van der Waals surface area contributed by atoms with Crippen molar-refractivity contribution in [2.75, 3.05) is 19.6 Å². The third-order valence-corrected chi connectivity index (χ3v) is 4.53. The van der Waals surface area contributed by atoms with Crippen LogP contribution in [-0.2, 0) is 9.63 Å². The Morgan fingerprint density at radius 1 is 1.32 bits per heavy atom. The highest BCUT2D eigenvalue weighted by atomic mass is 19.1. The molecule has 22 heavy (non-hydrogen) atoms. The molecule has 1 aromatic rings. The van der Waals surface area contributed by atoms with Gasteiger partial charge in [-0.15, -0.1) is 0 Å². The fourth-order valence-electron chi connectivity index (χ4n) is 3.12. The molecule has 0 radical (unpaired) electrons. The molecule has 0 unspecified atom stereocenters. The zero-order valence-corrected chi connectivity index (χ0v) is 12.1. The standard InChI is InChI=1S/C16H17FN2O3/c17-13-4-2-1-3-12(13)15(21)18-9-16(10-18)7-14(20)19(22-16)8-11-5-6-11/h1-4,11H,5-10H2. The maximum Gasteiger partial charge on any atom is 0.257 e. The second-order valence-electron chi connectivity index (χ2n) is 6.49. The first-order valence-electron chi connectivity index (χ1n) is 7.60. The molecule has 1 aromatic carbocycles. The van der Waals surface area contributed by atoms with E-state index in [4.69, 9.17) is 4.84 Å². The fourth-order valence-corrected chi connectivity index (χ4v) is 3.12. The van der Waals surface area contributed by atoms with E-state index in [1.54, 1.807) is 12.1 Å². The molecule has 3 fully saturated rings. The topological polar surface area (TPSA) is 49.9 Å². The largest absolute Gasteiger partial charge is 0.332 e. The van der Waals surface area contributed by atoms with Crippen molar-refractivity contribution in [2.24, 2.45) is 5.92 Å². The van der Waals surface area contributed by atoms with Gasteiger partial charge in [-0.2, -0.15) is 0 Å². The summed E-state index contributed by atoms with van der Waals surface area (Å²) in [6.07, 6.45) is 2.61. The number of hydroxylamine groups is 2. The van der Waals surface area contributed by atoms with Crippen LogP contribution in [0.2, 0.25) is 0 Å². The Morgan fingerprint density at radius 2 is 2.05 bits per heavy atom. The average molecular weight is 304 g/mol. The maximum atomic E-state index is 13.7. The summed E-state index contributed by atoms with van der Waals surface area (Å²) in [4.78, 5) is 31.6. The molecule has 2 heterocycles. The van der Waals surface area contributed by atoms with Gasteiger partial charge >= 0.3 is 0 Å². The van der Waals surface area contributed by atoms with Crippen molar-refractivity contribution in [1.82, 2.24) is 9.96 Å². The molecule has 2 amide bonds. The van der Waals surface area contributed by atoms with Crippen molar-refractivity contribution in [3.63, 3.8) is 0 Å². The Hall–Kier alpha value is -1.95. The van der Waals surface area contributed by atoms with Gasteiger partial charge in [-0.1, -0.05) is 12.1 Å². The number of benzene rings is 1. The van der Waals surface area contributed by atoms with Gasteiger partial charge in [0, 0.05) is 0 Å². The lowest BCUT2D eigenvalue weighted by Gasteiger charge is -2.45. The van der Waals surface area contributed by atoms with Crippen molar-refractivity contribution >= 4 is 11.8 Å². The summed E-state index contributed by atoms with van der Waals surface area (Å²) in [6.45, 7) is 1.34. The van der Waals surface area contributed by atoms with E-state index in [0.29, 0.717) is 32.0 Å². The number of halogens is 1. The van der Waals surface area contributed by atoms with Crippen molar-refractivity contribution in [3.05, 3.63) is 35.6 Å². The van der Waals surface area contributed by atoms with Gasteiger partial charge in [0.2, 0.25) is 5.91 Å². The fraction of sp³-hybridized carbons (Fsp3) is 0.500. The number of amides is 2. The van der Waals surface area contributed by atoms with Gasteiger partial charge in [0.15, 0.2) is 0 Å². The molecular weight excluding hydrogens is 287 g/mol. The van der Waals surface area contributed by atoms with E-state index in [1.165, 1.54) is 22.1 Å². The highest BCUT2D eigenvalue weighted by Gasteiger charge is 2.55. The molecule has 116 valence electrons. The van der Waals surface area contributed by atoms with Crippen LogP contribution in [0, 0.1) is 11.7 Å². The van der Waals surface area contributed by atoms with Gasteiger partial charge in [0.25, 0.3) is 5.91 Å². The van der Waals surface area contributed by atoms with Crippen LogP contribution in [0.5, 0.6) is 0 Å². The van der Waals surface area contributed by atoms with Gasteiger partial charge in [-0.25, -0.2) is 9.45 Å². The molecule has 2 saturated heterocycles. The number of hydrogen-bond acceptors (Lipinski definition) is 3. The quantitative estimate of drug-likeness (QED) is 0.852. The Bertz CT molecular complexity index is 638. The highest BCUT2D eigenvalue weighted by molar-refractivity contribution is 5.95. The zero-order chi connectivity index (χ0) is 15.3. The Labute approximate surface area is 127 Å². The summed E-state index contributed by atoms with van der Waals surface area (Å²) in [5.74, 6) is -0.312. The van der Waals surface area contributed by atoms with Gasteiger partial charge in [0.1, 0.15) is 11.4 Å². The minimum absolute atomic E-state index is 0.00936. The molecule has 0 atom stereocenters. The van der Waals surface area contributed by atoms with E-state index in [1.807, 2.05) is 0 Å². The number of nitrogens with zero attached hydrogens (tertiary/aromatic N) is 2. The lowest BCUT2D eigenvalue weighted by molar-refractivity contribution is -0.230. The van der Waals surface area contributed by atoms with E-state index in [2.05, 4.69) is 0 Å². The van der Waals surface area contributed by atoms with Crippen LogP contribution >= 0.6 is 0 Å². The van der Waals surface area contributed by atoms with Gasteiger partial charge < -0.3 is 4.90 Å². The maximum absolute atomic E-state index is 13.7. The van der Waals surface area contributed by atoms with Crippen LogP contribution in [0.1, 0.15) is 29.6 Å². The van der Waals surface area contributed by atoms with Crippen LogP contribution < -0.4 is 0 Å². The summed E-state index contributed by atoms with van der Waals surface area (Å²) < 4.78 is 13.7. The van der Waals surface area contributed by atoms with Crippen molar-refractivity contribution in [2.45, 2.75) is 24.9 Å². The summed E-state index contributed by atoms with van der Waals surface area (Å²) in [5, 5.41) is 1.46. The predicted octanol–water partition coefficient (Wildman–Crippen LogP) is 1.59. The molecule has 6 heteroatoms. The lowest BCUT2D eigenvalue weighted by atomic mass is 9.90. The Balaban J connectivity index is 1.40. The van der Waals surface area contributed by atoms with E-state index in [0.717, 1.165) is 12.8 Å². The summed E-state index contributed by atoms with van der Waals surface area (Å²) in [7, 11) is 0. The molecule has 1 aliphatic carbocycles. The molecule has 1 spiro atoms. The Morgan fingerprint density at radius 3 is 2.73 bits per heavy atom.